The molecule has 0 amide bonds. The van der Waals surface area contributed by atoms with Crippen LogP contribution in [0.4, 0.5) is 0 Å². The molecule has 1 N–H and O–H groups in total. The first-order chi connectivity index (χ1) is 8.22. The number of hydrogen-bond acceptors (Lipinski definition) is 3. The van der Waals surface area contributed by atoms with Gasteiger partial charge in [-0.3, -0.25) is 4.68 Å². The Labute approximate surface area is 103 Å². The average molecular weight is 237 g/mol. The summed E-state index contributed by atoms with van der Waals surface area (Å²) < 4.78 is 7.56. The van der Waals surface area contributed by atoms with E-state index in [4.69, 9.17) is 4.74 Å². The molecule has 1 aromatic heterocycles. The Kier molecular flexibility index (Phi) is 4.18. The van der Waals surface area contributed by atoms with Gasteiger partial charge in [-0.2, -0.15) is 5.10 Å². The lowest BCUT2D eigenvalue weighted by atomic mass is 9.89. The lowest BCUT2D eigenvalue weighted by Crippen LogP contribution is -2.32. The molecule has 3 unspecified atom stereocenters. The molecule has 0 saturated carbocycles. The molecule has 4 heteroatoms. The van der Waals surface area contributed by atoms with Crippen molar-refractivity contribution in [1.29, 1.82) is 0 Å². The highest BCUT2D eigenvalue weighted by Crippen LogP contribution is 2.33. The van der Waals surface area contributed by atoms with Crippen LogP contribution in [0.25, 0.3) is 0 Å². The molecule has 3 atom stereocenters. The molecule has 0 radical (unpaired) electrons. The van der Waals surface area contributed by atoms with Gasteiger partial charge in [-0.15, -0.1) is 0 Å². The predicted molar refractivity (Wildman–Crippen MR) is 67.8 cm³/mol. The molecule has 0 spiro atoms. The second-order valence-corrected chi connectivity index (χ2v) is 4.91. The topological polar surface area (TPSA) is 39.1 Å². The van der Waals surface area contributed by atoms with Crippen molar-refractivity contribution in [2.24, 2.45) is 13.0 Å². The van der Waals surface area contributed by atoms with Crippen molar-refractivity contribution in [2.75, 3.05) is 13.2 Å². The maximum atomic E-state index is 5.69. The van der Waals surface area contributed by atoms with Gasteiger partial charge in [0, 0.05) is 37.4 Å². The van der Waals surface area contributed by atoms with Gasteiger partial charge in [-0.25, -0.2) is 0 Å². The summed E-state index contributed by atoms with van der Waals surface area (Å²) in [6, 6.07) is 0.376. The van der Waals surface area contributed by atoms with Crippen molar-refractivity contribution in [2.45, 2.75) is 38.8 Å². The van der Waals surface area contributed by atoms with Gasteiger partial charge in [-0.05, 0) is 26.3 Å². The fraction of sp³-hybridized carbons (Fsp3) is 0.769. The summed E-state index contributed by atoms with van der Waals surface area (Å²) in [4.78, 5) is 0. The van der Waals surface area contributed by atoms with E-state index < -0.39 is 0 Å². The van der Waals surface area contributed by atoms with Gasteiger partial charge in [0.05, 0.1) is 12.3 Å². The minimum Gasteiger partial charge on any atom is -0.378 e. The van der Waals surface area contributed by atoms with E-state index in [0.29, 0.717) is 18.1 Å². The molecule has 2 heterocycles. The molecular weight excluding hydrogens is 214 g/mol. The number of ether oxygens (including phenoxy) is 1. The highest BCUT2D eigenvalue weighted by molar-refractivity contribution is 5.13. The largest absolute Gasteiger partial charge is 0.378 e. The van der Waals surface area contributed by atoms with Crippen molar-refractivity contribution in [1.82, 2.24) is 15.1 Å². The fourth-order valence-electron chi connectivity index (χ4n) is 2.60. The smallest absolute Gasteiger partial charge is 0.0594 e. The lowest BCUT2D eigenvalue weighted by molar-refractivity contribution is 0.0953. The van der Waals surface area contributed by atoms with Crippen LogP contribution in [-0.4, -0.2) is 29.0 Å². The van der Waals surface area contributed by atoms with Gasteiger partial charge in [-0.1, -0.05) is 6.92 Å². The van der Waals surface area contributed by atoms with Gasteiger partial charge in [0.15, 0.2) is 0 Å². The molecule has 2 rings (SSSR count). The summed E-state index contributed by atoms with van der Waals surface area (Å²) in [7, 11) is 1.97. The summed E-state index contributed by atoms with van der Waals surface area (Å²) in [6.07, 6.45) is 6.71. The summed E-state index contributed by atoms with van der Waals surface area (Å²) >= 11 is 0. The van der Waals surface area contributed by atoms with Crippen LogP contribution in [0, 0.1) is 5.92 Å². The second-order valence-electron chi connectivity index (χ2n) is 4.91. The molecular formula is C13H23N3O. The second kappa shape index (κ2) is 5.65. The molecule has 1 saturated heterocycles. The van der Waals surface area contributed by atoms with Crippen molar-refractivity contribution in [3.63, 3.8) is 0 Å². The van der Waals surface area contributed by atoms with Gasteiger partial charge >= 0.3 is 0 Å². The molecule has 1 aliphatic rings. The van der Waals surface area contributed by atoms with E-state index in [1.807, 2.05) is 17.9 Å². The van der Waals surface area contributed by atoms with Crippen molar-refractivity contribution >= 4 is 0 Å². The van der Waals surface area contributed by atoms with Gasteiger partial charge in [0.1, 0.15) is 0 Å². The zero-order chi connectivity index (χ0) is 12.3. The Morgan fingerprint density at radius 2 is 2.47 bits per heavy atom. The van der Waals surface area contributed by atoms with Crippen molar-refractivity contribution in [3.05, 3.63) is 18.0 Å². The number of nitrogens with one attached hydrogen (secondary N) is 1. The zero-order valence-electron chi connectivity index (χ0n) is 11.0. The van der Waals surface area contributed by atoms with E-state index in [-0.39, 0.29) is 0 Å². The molecule has 0 bridgehead atoms. The molecule has 1 fully saturated rings. The van der Waals surface area contributed by atoms with E-state index in [1.165, 1.54) is 5.56 Å². The third kappa shape index (κ3) is 2.87. The molecule has 0 aliphatic carbocycles. The molecule has 4 nitrogen and oxygen atoms in total. The summed E-state index contributed by atoms with van der Waals surface area (Å²) in [5.41, 5.74) is 1.28. The van der Waals surface area contributed by atoms with E-state index >= 15 is 0 Å². The summed E-state index contributed by atoms with van der Waals surface area (Å²) in [6.45, 7) is 6.30. The third-order valence-corrected chi connectivity index (χ3v) is 3.56. The maximum absolute atomic E-state index is 5.69. The first kappa shape index (κ1) is 12.6. The Hall–Kier alpha value is -0.870. The van der Waals surface area contributed by atoms with Gasteiger partial charge in [0.2, 0.25) is 0 Å². The van der Waals surface area contributed by atoms with Crippen LogP contribution in [-0.2, 0) is 11.8 Å². The standard InChI is InChI=1S/C13H23N3O/c1-4-6-14-13(11-8-15-16(3)9-11)12-5-7-17-10(12)2/h8-10,12-14H,4-7H2,1-3H3. The Morgan fingerprint density at radius 3 is 3.00 bits per heavy atom. The number of hydrogen-bond donors (Lipinski definition) is 1. The fourth-order valence-corrected chi connectivity index (χ4v) is 2.60. The highest BCUT2D eigenvalue weighted by atomic mass is 16.5. The van der Waals surface area contributed by atoms with E-state index in [1.54, 1.807) is 0 Å². The Bertz CT molecular complexity index is 350. The summed E-state index contributed by atoms with van der Waals surface area (Å²) in [5.74, 6) is 0.561. The van der Waals surface area contributed by atoms with Gasteiger partial charge < -0.3 is 10.1 Å². The molecule has 96 valence electrons. The zero-order valence-corrected chi connectivity index (χ0v) is 11.0. The highest BCUT2D eigenvalue weighted by Gasteiger charge is 2.32. The quantitative estimate of drug-likeness (QED) is 0.850. The maximum Gasteiger partial charge on any atom is 0.0594 e. The minimum absolute atomic E-state index is 0.338. The number of rotatable bonds is 5. The molecule has 0 aromatic carbocycles. The normalized spacial score (nSPS) is 26.3. The predicted octanol–water partition coefficient (Wildman–Crippen LogP) is 1.89. The minimum atomic E-state index is 0.338. The number of aryl methyl sites for hydroxylation is 1. The van der Waals surface area contributed by atoms with E-state index in [2.05, 4.69) is 30.5 Å². The third-order valence-electron chi connectivity index (χ3n) is 3.56. The van der Waals surface area contributed by atoms with Gasteiger partial charge in [0.25, 0.3) is 0 Å². The van der Waals surface area contributed by atoms with Crippen LogP contribution in [0.2, 0.25) is 0 Å². The number of nitrogens with zero attached hydrogens (tertiary/aromatic N) is 2. The lowest BCUT2D eigenvalue weighted by Gasteiger charge is -2.26. The van der Waals surface area contributed by atoms with Crippen LogP contribution in [0.5, 0.6) is 0 Å². The SMILES string of the molecule is CCCNC(c1cnn(C)c1)C1CCOC1C. The summed E-state index contributed by atoms with van der Waals surface area (Å²) in [5, 5.41) is 7.92. The number of aromatic nitrogens is 2. The van der Waals surface area contributed by atoms with Crippen LogP contribution in [0.3, 0.4) is 0 Å². The molecule has 1 aromatic rings. The van der Waals surface area contributed by atoms with E-state index in [9.17, 15) is 0 Å². The van der Waals surface area contributed by atoms with Crippen LogP contribution in [0.15, 0.2) is 12.4 Å². The van der Waals surface area contributed by atoms with Crippen molar-refractivity contribution < 1.29 is 4.74 Å². The molecule has 1 aliphatic heterocycles. The first-order valence-electron chi connectivity index (χ1n) is 6.56. The van der Waals surface area contributed by atoms with Crippen LogP contribution < -0.4 is 5.32 Å². The Morgan fingerprint density at radius 1 is 1.65 bits per heavy atom. The first-order valence-corrected chi connectivity index (χ1v) is 6.56. The van der Waals surface area contributed by atoms with Crippen molar-refractivity contribution in [3.8, 4) is 0 Å². The molecule has 17 heavy (non-hydrogen) atoms. The average Bonchev–Trinajstić information content (AvgIpc) is 2.90. The van der Waals surface area contributed by atoms with E-state index in [0.717, 1.165) is 26.0 Å². The monoisotopic (exact) mass is 237 g/mol. The Balaban J connectivity index is 2.12. The van der Waals surface area contributed by atoms with Crippen LogP contribution in [0.1, 0.15) is 38.3 Å². The van der Waals surface area contributed by atoms with Crippen LogP contribution >= 0.6 is 0 Å².